The Morgan fingerprint density at radius 1 is 1.71 bits per heavy atom. The lowest BCUT2D eigenvalue weighted by molar-refractivity contribution is -0.131. The van der Waals surface area contributed by atoms with E-state index in [1.807, 2.05) is 0 Å². The molecular formula is C11H18N4O2. The molecule has 1 N–H and O–H groups in total. The number of hydrogen-bond donors (Lipinski definition) is 1. The van der Waals surface area contributed by atoms with E-state index in [1.165, 1.54) is 6.33 Å². The van der Waals surface area contributed by atoms with Crippen molar-refractivity contribution in [3.05, 3.63) is 12.2 Å². The van der Waals surface area contributed by atoms with Crippen LogP contribution in [0, 0.1) is 0 Å². The van der Waals surface area contributed by atoms with E-state index in [0.717, 1.165) is 25.9 Å². The first-order chi connectivity index (χ1) is 8.25. The summed E-state index contributed by atoms with van der Waals surface area (Å²) >= 11 is 0. The lowest BCUT2D eigenvalue weighted by Crippen LogP contribution is -2.27. The second kappa shape index (κ2) is 5.77. The Bertz CT molecular complexity index is 346. The van der Waals surface area contributed by atoms with Gasteiger partial charge in [-0.15, -0.1) is 0 Å². The van der Waals surface area contributed by atoms with Crippen molar-refractivity contribution < 1.29 is 9.53 Å². The van der Waals surface area contributed by atoms with Crippen LogP contribution < -0.4 is 0 Å². The summed E-state index contributed by atoms with van der Waals surface area (Å²) in [6.45, 7) is 1.32. The molecule has 0 radical (unpaired) electrons. The first-order valence-electron chi connectivity index (χ1n) is 5.95. The number of carbonyl (C=O) groups is 1. The van der Waals surface area contributed by atoms with Gasteiger partial charge in [-0.25, -0.2) is 4.98 Å². The minimum atomic E-state index is 0.122. The minimum absolute atomic E-state index is 0.122. The number of nitrogens with zero attached hydrogens (tertiary/aromatic N) is 3. The third kappa shape index (κ3) is 3.52. The normalized spacial score (nSPS) is 19.5. The van der Waals surface area contributed by atoms with Gasteiger partial charge in [0, 0.05) is 20.1 Å². The molecule has 1 aromatic heterocycles. The molecule has 6 nitrogen and oxygen atoms in total. The molecule has 1 aromatic rings. The van der Waals surface area contributed by atoms with Crippen molar-refractivity contribution in [2.75, 3.05) is 13.7 Å². The highest BCUT2D eigenvalue weighted by molar-refractivity contribution is 5.75. The molecule has 94 valence electrons. The van der Waals surface area contributed by atoms with Gasteiger partial charge in [0.15, 0.2) is 0 Å². The lowest BCUT2D eigenvalue weighted by atomic mass is 10.1. The van der Waals surface area contributed by atoms with Gasteiger partial charge in [0.1, 0.15) is 12.2 Å². The standard InChI is InChI=1S/C11H18N4O2/c1-15(7-10-12-8-13-14-10)11(16)5-4-9-3-2-6-17-9/h8-9H,2-7H2,1H3,(H,12,13,14). The van der Waals surface area contributed by atoms with Gasteiger partial charge in [-0.2, -0.15) is 5.10 Å². The molecule has 0 aromatic carbocycles. The third-order valence-corrected chi connectivity index (χ3v) is 2.98. The van der Waals surface area contributed by atoms with E-state index in [-0.39, 0.29) is 12.0 Å². The van der Waals surface area contributed by atoms with E-state index in [9.17, 15) is 4.79 Å². The van der Waals surface area contributed by atoms with Crippen LogP contribution in [0.25, 0.3) is 0 Å². The van der Waals surface area contributed by atoms with Gasteiger partial charge in [0.2, 0.25) is 5.91 Å². The largest absolute Gasteiger partial charge is 0.378 e. The number of ether oxygens (including phenoxy) is 1. The molecule has 17 heavy (non-hydrogen) atoms. The van der Waals surface area contributed by atoms with E-state index < -0.39 is 0 Å². The highest BCUT2D eigenvalue weighted by Gasteiger charge is 2.18. The maximum absolute atomic E-state index is 11.8. The molecule has 0 aliphatic carbocycles. The zero-order chi connectivity index (χ0) is 12.1. The first-order valence-corrected chi connectivity index (χ1v) is 5.95. The topological polar surface area (TPSA) is 71.1 Å². The van der Waals surface area contributed by atoms with Crippen LogP contribution in [0.3, 0.4) is 0 Å². The van der Waals surface area contributed by atoms with Crippen LogP contribution in [-0.2, 0) is 16.1 Å². The fourth-order valence-electron chi connectivity index (χ4n) is 1.97. The molecule has 1 fully saturated rings. The van der Waals surface area contributed by atoms with E-state index in [1.54, 1.807) is 11.9 Å². The van der Waals surface area contributed by atoms with Gasteiger partial charge in [0.05, 0.1) is 12.6 Å². The van der Waals surface area contributed by atoms with Crippen molar-refractivity contribution in [2.45, 2.75) is 38.3 Å². The predicted molar refractivity (Wildman–Crippen MR) is 61.1 cm³/mol. The number of aromatic nitrogens is 3. The summed E-state index contributed by atoms with van der Waals surface area (Å²) in [6, 6.07) is 0. The van der Waals surface area contributed by atoms with Crippen molar-refractivity contribution in [1.82, 2.24) is 20.1 Å². The van der Waals surface area contributed by atoms with Crippen LogP contribution in [0.5, 0.6) is 0 Å². The first kappa shape index (κ1) is 12.0. The minimum Gasteiger partial charge on any atom is -0.378 e. The van der Waals surface area contributed by atoms with Crippen LogP contribution in [0.2, 0.25) is 0 Å². The van der Waals surface area contributed by atoms with Gasteiger partial charge in [0.25, 0.3) is 0 Å². The van der Waals surface area contributed by atoms with E-state index >= 15 is 0 Å². The summed E-state index contributed by atoms with van der Waals surface area (Å²) < 4.78 is 5.49. The maximum Gasteiger partial charge on any atom is 0.222 e. The van der Waals surface area contributed by atoms with Gasteiger partial charge in [-0.05, 0) is 19.3 Å². The SMILES string of the molecule is CN(Cc1ncn[nH]1)C(=O)CCC1CCCO1. The molecule has 0 bridgehead atoms. The van der Waals surface area contributed by atoms with Crippen molar-refractivity contribution in [1.29, 1.82) is 0 Å². The number of nitrogens with one attached hydrogen (secondary N) is 1. The summed E-state index contributed by atoms with van der Waals surface area (Å²) in [4.78, 5) is 17.5. The number of aromatic amines is 1. The van der Waals surface area contributed by atoms with Crippen molar-refractivity contribution in [3.63, 3.8) is 0 Å². The molecule has 1 saturated heterocycles. The molecule has 2 rings (SSSR count). The van der Waals surface area contributed by atoms with Crippen LogP contribution in [-0.4, -0.2) is 45.7 Å². The lowest BCUT2D eigenvalue weighted by Gasteiger charge is -2.16. The fourth-order valence-corrected chi connectivity index (χ4v) is 1.97. The predicted octanol–water partition coefficient (Wildman–Crippen LogP) is 0.722. The van der Waals surface area contributed by atoms with Crippen molar-refractivity contribution in [2.24, 2.45) is 0 Å². The number of hydrogen-bond acceptors (Lipinski definition) is 4. The summed E-state index contributed by atoms with van der Waals surface area (Å²) in [5.41, 5.74) is 0. The molecular weight excluding hydrogens is 220 g/mol. The number of H-pyrrole nitrogens is 1. The van der Waals surface area contributed by atoms with E-state index in [2.05, 4.69) is 15.2 Å². The van der Waals surface area contributed by atoms with Crippen LogP contribution in [0.15, 0.2) is 6.33 Å². The van der Waals surface area contributed by atoms with Gasteiger partial charge < -0.3 is 9.64 Å². The molecule has 1 aliphatic heterocycles. The highest BCUT2D eigenvalue weighted by Crippen LogP contribution is 2.17. The average molecular weight is 238 g/mol. The fraction of sp³-hybridized carbons (Fsp3) is 0.727. The second-order valence-corrected chi connectivity index (χ2v) is 4.36. The third-order valence-electron chi connectivity index (χ3n) is 2.98. The summed E-state index contributed by atoms with van der Waals surface area (Å²) in [7, 11) is 1.78. The van der Waals surface area contributed by atoms with Gasteiger partial charge >= 0.3 is 0 Å². The number of amides is 1. The average Bonchev–Trinajstić information content (AvgIpc) is 2.98. The van der Waals surface area contributed by atoms with Crippen molar-refractivity contribution >= 4 is 5.91 Å². The Morgan fingerprint density at radius 3 is 3.24 bits per heavy atom. The highest BCUT2D eigenvalue weighted by atomic mass is 16.5. The summed E-state index contributed by atoms with van der Waals surface area (Å²) in [5, 5.41) is 6.49. The Kier molecular flexibility index (Phi) is 4.08. The van der Waals surface area contributed by atoms with E-state index in [0.29, 0.717) is 18.8 Å². The number of carbonyl (C=O) groups excluding carboxylic acids is 1. The van der Waals surface area contributed by atoms with Gasteiger partial charge in [-0.1, -0.05) is 0 Å². The van der Waals surface area contributed by atoms with Crippen LogP contribution in [0.1, 0.15) is 31.5 Å². The smallest absolute Gasteiger partial charge is 0.222 e. The molecule has 2 heterocycles. The van der Waals surface area contributed by atoms with Crippen LogP contribution in [0.4, 0.5) is 0 Å². The molecule has 1 atom stereocenters. The molecule has 0 saturated carbocycles. The maximum atomic E-state index is 11.8. The second-order valence-electron chi connectivity index (χ2n) is 4.36. The Morgan fingerprint density at radius 2 is 2.59 bits per heavy atom. The Balaban J connectivity index is 1.71. The summed E-state index contributed by atoms with van der Waals surface area (Å²) in [6.07, 6.45) is 5.28. The summed E-state index contributed by atoms with van der Waals surface area (Å²) in [5.74, 6) is 0.829. The molecule has 6 heteroatoms. The zero-order valence-corrected chi connectivity index (χ0v) is 10.1. The van der Waals surface area contributed by atoms with Crippen LogP contribution >= 0.6 is 0 Å². The molecule has 0 spiro atoms. The molecule has 1 aliphatic rings. The molecule has 1 amide bonds. The Labute approximate surface area is 100 Å². The monoisotopic (exact) mass is 238 g/mol. The van der Waals surface area contributed by atoms with Gasteiger partial charge in [-0.3, -0.25) is 9.89 Å². The Hall–Kier alpha value is -1.43. The quantitative estimate of drug-likeness (QED) is 0.820. The number of rotatable bonds is 5. The zero-order valence-electron chi connectivity index (χ0n) is 10.1. The molecule has 1 unspecified atom stereocenters. The van der Waals surface area contributed by atoms with E-state index in [4.69, 9.17) is 4.74 Å². The van der Waals surface area contributed by atoms with Crippen molar-refractivity contribution in [3.8, 4) is 0 Å².